The van der Waals surface area contributed by atoms with Gasteiger partial charge in [-0.15, -0.1) is 0 Å². The topological polar surface area (TPSA) is 152 Å². The zero-order chi connectivity index (χ0) is 21.4. The van der Waals surface area contributed by atoms with Crippen molar-refractivity contribution in [2.24, 2.45) is 5.41 Å². The van der Waals surface area contributed by atoms with Crippen LogP contribution in [-0.4, -0.2) is 57.5 Å². The highest BCUT2D eigenvalue weighted by atomic mass is 16.7. The molecule has 1 fully saturated rings. The highest BCUT2D eigenvalue weighted by Gasteiger charge is 2.57. The number of carbonyl (C=O) groups is 1. The fourth-order valence-electron chi connectivity index (χ4n) is 3.10. The average molecular weight is 404 g/mol. The number of ether oxygens (including phenoxy) is 3. The van der Waals surface area contributed by atoms with E-state index in [1.54, 1.807) is 18.2 Å². The van der Waals surface area contributed by atoms with Crippen molar-refractivity contribution in [1.29, 1.82) is 5.26 Å². The van der Waals surface area contributed by atoms with E-state index in [0.717, 1.165) is 0 Å². The van der Waals surface area contributed by atoms with Crippen LogP contribution in [0, 0.1) is 16.7 Å². The Labute approximate surface area is 167 Å². The molecule has 0 radical (unpaired) electrons. The molecule has 3 heterocycles. The van der Waals surface area contributed by atoms with E-state index in [1.165, 1.54) is 10.7 Å². The number of hydrogen-bond acceptors (Lipinski definition) is 9. The lowest BCUT2D eigenvalue weighted by molar-refractivity contribution is -0.0734. The predicted molar refractivity (Wildman–Crippen MR) is 101 cm³/mol. The number of aliphatic hydroxyl groups is 2. The van der Waals surface area contributed by atoms with Crippen LogP contribution in [0.15, 0.2) is 24.4 Å². The van der Waals surface area contributed by atoms with Crippen molar-refractivity contribution >= 4 is 17.4 Å². The van der Waals surface area contributed by atoms with Gasteiger partial charge in [-0.25, -0.2) is 9.31 Å². The number of rotatable bonds is 4. The van der Waals surface area contributed by atoms with Gasteiger partial charge in [-0.3, -0.25) is 0 Å². The lowest BCUT2D eigenvalue weighted by Crippen LogP contribution is -2.41. The number of anilines is 1. The van der Waals surface area contributed by atoms with Gasteiger partial charge in [0, 0.05) is 6.20 Å². The van der Waals surface area contributed by atoms with Crippen LogP contribution in [0.3, 0.4) is 0 Å². The molecule has 3 rings (SSSR count). The van der Waals surface area contributed by atoms with Gasteiger partial charge in [0.15, 0.2) is 0 Å². The van der Waals surface area contributed by atoms with Crippen molar-refractivity contribution in [3.8, 4) is 6.07 Å². The molecule has 0 bridgehead atoms. The van der Waals surface area contributed by atoms with Crippen LogP contribution < -0.4 is 5.73 Å². The van der Waals surface area contributed by atoms with Crippen LogP contribution in [0.2, 0.25) is 0 Å². The van der Waals surface area contributed by atoms with Crippen molar-refractivity contribution in [1.82, 2.24) is 9.61 Å². The Kier molecular flexibility index (Phi) is 5.40. The number of nitrogen functional groups attached to an aromatic ring is 1. The molecule has 0 saturated carbocycles. The number of aliphatic hydroxyl groups excluding tert-OH is 2. The van der Waals surface area contributed by atoms with Gasteiger partial charge in [-0.2, -0.15) is 10.4 Å². The van der Waals surface area contributed by atoms with Crippen molar-refractivity contribution in [3.05, 3.63) is 30.1 Å². The molecule has 1 saturated heterocycles. The minimum Gasteiger partial charge on any atom is -0.434 e. The molecule has 0 aromatic carbocycles. The van der Waals surface area contributed by atoms with Crippen LogP contribution in [0.5, 0.6) is 0 Å². The molecular formula is C19H24N4O6. The second-order valence-corrected chi connectivity index (χ2v) is 8.15. The summed E-state index contributed by atoms with van der Waals surface area (Å²) in [6.07, 6.45) is -3.70. The third-order valence-corrected chi connectivity index (χ3v) is 4.58. The molecule has 0 spiro atoms. The fourth-order valence-corrected chi connectivity index (χ4v) is 3.10. The summed E-state index contributed by atoms with van der Waals surface area (Å²) in [6, 6.07) is 6.70. The van der Waals surface area contributed by atoms with Gasteiger partial charge in [-0.05, 0) is 23.6 Å². The molecule has 2 aromatic rings. The van der Waals surface area contributed by atoms with Crippen molar-refractivity contribution in [2.45, 2.75) is 44.7 Å². The Balaban J connectivity index is 1.79. The summed E-state index contributed by atoms with van der Waals surface area (Å²) in [4.78, 5) is 11.8. The molecule has 0 amide bonds. The molecule has 0 unspecified atom stereocenters. The maximum Gasteiger partial charge on any atom is 0.508 e. The number of nitrogens with zero attached hydrogens (tertiary/aromatic N) is 3. The van der Waals surface area contributed by atoms with E-state index >= 15 is 0 Å². The average Bonchev–Trinajstić information content (AvgIpc) is 3.20. The van der Waals surface area contributed by atoms with E-state index in [4.69, 9.17) is 19.9 Å². The van der Waals surface area contributed by atoms with Gasteiger partial charge < -0.3 is 30.2 Å². The molecule has 0 aliphatic carbocycles. The Morgan fingerprint density at radius 2 is 2.10 bits per heavy atom. The molecule has 29 heavy (non-hydrogen) atoms. The van der Waals surface area contributed by atoms with E-state index in [0.29, 0.717) is 11.2 Å². The first-order valence-electron chi connectivity index (χ1n) is 9.06. The zero-order valence-corrected chi connectivity index (χ0v) is 16.4. The van der Waals surface area contributed by atoms with Crippen molar-refractivity contribution < 1.29 is 29.2 Å². The van der Waals surface area contributed by atoms with E-state index in [9.17, 15) is 20.3 Å². The largest absolute Gasteiger partial charge is 0.508 e. The minimum absolute atomic E-state index is 0.147. The second-order valence-electron chi connectivity index (χ2n) is 8.15. The summed E-state index contributed by atoms with van der Waals surface area (Å²) in [5.74, 6) is 0. The van der Waals surface area contributed by atoms with E-state index < -0.39 is 36.7 Å². The molecule has 2 aromatic heterocycles. The molecule has 10 heteroatoms. The van der Waals surface area contributed by atoms with E-state index in [-0.39, 0.29) is 17.7 Å². The van der Waals surface area contributed by atoms with Gasteiger partial charge in [0.2, 0.25) is 5.60 Å². The first-order chi connectivity index (χ1) is 13.6. The SMILES string of the molecule is CC(C)(C)COC(=O)OC[C@H]1O[C@@](C#N)(c2ccc3c(N)ccnn23)[C@H](O)[C@@H]1O. The van der Waals surface area contributed by atoms with Crippen LogP contribution in [0.4, 0.5) is 10.5 Å². The standard InChI is InChI=1S/C19H24N4O6/c1-18(2,3)10-28-17(26)27-8-13-15(24)16(25)19(9-20,29-13)14-5-4-12-11(21)6-7-22-23(12)14/h4-7,13,15-16,24-25H,8,10,21H2,1-3H3/t13-,15-,16-,19+/m1/s1. The Morgan fingerprint density at radius 1 is 1.38 bits per heavy atom. The fraction of sp³-hybridized carbons (Fsp3) is 0.526. The molecule has 156 valence electrons. The minimum atomic E-state index is -1.92. The smallest absolute Gasteiger partial charge is 0.434 e. The molecule has 4 atom stereocenters. The normalized spacial score (nSPS) is 27.0. The monoisotopic (exact) mass is 404 g/mol. The number of fused-ring (bicyclic) bond motifs is 1. The third-order valence-electron chi connectivity index (χ3n) is 4.58. The van der Waals surface area contributed by atoms with Gasteiger partial charge in [0.05, 0.1) is 23.5 Å². The maximum absolute atomic E-state index is 11.8. The number of nitrogens with two attached hydrogens (primary N) is 1. The molecule has 1 aliphatic rings. The van der Waals surface area contributed by atoms with Crippen molar-refractivity contribution in [2.75, 3.05) is 18.9 Å². The van der Waals surface area contributed by atoms with Crippen LogP contribution in [0.25, 0.3) is 5.52 Å². The highest BCUT2D eigenvalue weighted by molar-refractivity contribution is 5.69. The summed E-state index contributed by atoms with van der Waals surface area (Å²) in [5.41, 5.74) is 4.90. The molecule has 4 N–H and O–H groups in total. The Hall–Kier alpha value is -2.87. The summed E-state index contributed by atoms with van der Waals surface area (Å²) in [5, 5.41) is 35.0. The first-order valence-corrected chi connectivity index (χ1v) is 9.06. The van der Waals surface area contributed by atoms with E-state index in [1.807, 2.05) is 26.8 Å². The summed E-state index contributed by atoms with van der Waals surface area (Å²) < 4.78 is 17.1. The maximum atomic E-state index is 11.8. The Bertz CT molecular complexity index is 946. The van der Waals surface area contributed by atoms with E-state index in [2.05, 4.69) is 5.10 Å². The number of carbonyl (C=O) groups excluding carboxylic acids is 1. The number of nitriles is 1. The molecule has 1 aliphatic heterocycles. The van der Waals surface area contributed by atoms with Crippen LogP contribution in [-0.2, 0) is 19.8 Å². The van der Waals surface area contributed by atoms with Gasteiger partial charge in [-0.1, -0.05) is 20.8 Å². The first kappa shape index (κ1) is 20.9. The lowest BCUT2D eigenvalue weighted by Gasteiger charge is -2.24. The highest BCUT2D eigenvalue weighted by Crippen LogP contribution is 2.40. The molecule has 10 nitrogen and oxygen atoms in total. The van der Waals surface area contributed by atoms with Gasteiger partial charge in [0.1, 0.15) is 31.0 Å². The third kappa shape index (κ3) is 3.85. The van der Waals surface area contributed by atoms with Crippen LogP contribution >= 0.6 is 0 Å². The lowest BCUT2D eigenvalue weighted by atomic mass is 9.92. The zero-order valence-electron chi connectivity index (χ0n) is 16.4. The Morgan fingerprint density at radius 3 is 2.76 bits per heavy atom. The summed E-state index contributed by atoms with van der Waals surface area (Å²) in [7, 11) is 0. The second kappa shape index (κ2) is 7.51. The number of hydrogen-bond donors (Lipinski definition) is 3. The van der Waals surface area contributed by atoms with Crippen molar-refractivity contribution in [3.63, 3.8) is 0 Å². The summed E-state index contributed by atoms with van der Waals surface area (Å²) in [6.45, 7) is 5.43. The van der Waals surface area contributed by atoms with Gasteiger partial charge >= 0.3 is 6.16 Å². The van der Waals surface area contributed by atoms with Gasteiger partial charge in [0.25, 0.3) is 0 Å². The quantitative estimate of drug-likeness (QED) is 0.632. The number of aromatic nitrogens is 2. The predicted octanol–water partition coefficient (Wildman–Crippen LogP) is 0.955. The molecular weight excluding hydrogens is 380 g/mol. The summed E-state index contributed by atoms with van der Waals surface area (Å²) >= 11 is 0. The van der Waals surface area contributed by atoms with Crippen LogP contribution in [0.1, 0.15) is 26.5 Å².